The van der Waals surface area contributed by atoms with Crippen LogP contribution in [0.15, 0.2) is 48.5 Å². The molecule has 154 valence electrons. The van der Waals surface area contributed by atoms with Gasteiger partial charge in [-0.2, -0.15) is 0 Å². The van der Waals surface area contributed by atoms with Crippen LogP contribution >= 0.6 is 0 Å². The molecule has 0 fully saturated rings. The second-order valence-corrected chi connectivity index (χ2v) is 6.09. The Bertz CT molecular complexity index is 881. The molecule has 0 saturated heterocycles. The van der Waals surface area contributed by atoms with E-state index in [2.05, 4.69) is 0 Å². The number of halogens is 1. The summed E-state index contributed by atoms with van der Waals surface area (Å²) < 4.78 is 28.7. The van der Waals surface area contributed by atoms with Crippen molar-refractivity contribution in [3.05, 3.63) is 65.5 Å². The number of methoxy groups -OCH3 is 2. The molecule has 0 N–H and O–H groups in total. The van der Waals surface area contributed by atoms with E-state index in [9.17, 15) is 14.0 Å². The van der Waals surface area contributed by atoms with Crippen LogP contribution in [0.1, 0.15) is 18.1 Å². The quantitative estimate of drug-likeness (QED) is 0.476. The number of likely N-dealkylation sites (N-methyl/N-ethyl adjacent to an activating group) is 1. The highest BCUT2D eigenvalue weighted by Gasteiger charge is 2.14. The van der Waals surface area contributed by atoms with Gasteiger partial charge in [0.2, 0.25) is 0 Å². The predicted molar refractivity (Wildman–Crippen MR) is 107 cm³/mol. The van der Waals surface area contributed by atoms with Crippen LogP contribution in [0.2, 0.25) is 0 Å². The van der Waals surface area contributed by atoms with Gasteiger partial charge in [0.25, 0.3) is 5.91 Å². The van der Waals surface area contributed by atoms with E-state index < -0.39 is 12.6 Å². The molecular weight excluding hydrogens is 377 g/mol. The number of carbonyl (C=O) groups is 2. The predicted octanol–water partition coefficient (Wildman–Crippen LogP) is 3.45. The molecule has 0 radical (unpaired) electrons. The number of benzene rings is 2. The summed E-state index contributed by atoms with van der Waals surface area (Å²) in [5, 5.41) is 0. The lowest BCUT2D eigenvalue weighted by atomic mass is 10.2. The summed E-state index contributed by atoms with van der Waals surface area (Å²) in [6.45, 7) is 2.05. The molecule has 0 spiro atoms. The Morgan fingerprint density at radius 3 is 2.55 bits per heavy atom. The van der Waals surface area contributed by atoms with Crippen molar-refractivity contribution in [1.82, 2.24) is 4.90 Å². The van der Waals surface area contributed by atoms with Gasteiger partial charge in [0.05, 0.1) is 14.2 Å². The van der Waals surface area contributed by atoms with E-state index in [1.54, 1.807) is 44.4 Å². The largest absolute Gasteiger partial charge is 0.497 e. The Kier molecular flexibility index (Phi) is 8.21. The molecule has 2 rings (SSSR count). The van der Waals surface area contributed by atoms with Crippen LogP contribution in [0.5, 0.6) is 11.5 Å². The molecule has 2 aromatic carbocycles. The Hall–Kier alpha value is -3.35. The molecule has 0 atom stereocenters. The van der Waals surface area contributed by atoms with Crippen molar-refractivity contribution in [2.24, 2.45) is 0 Å². The molecule has 2 aromatic rings. The molecule has 6 nitrogen and oxygen atoms in total. The normalized spacial score (nSPS) is 10.6. The molecule has 29 heavy (non-hydrogen) atoms. The first-order valence-electron chi connectivity index (χ1n) is 9.06. The molecule has 0 unspecified atom stereocenters. The van der Waals surface area contributed by atoms with Gasteiger partial charge in [-0.3, -0.25) is 4.79 Å². The highest BCUT2D eigenvalue weighted by molar-refractivity contribution is 5.89. The van der Waals surface area contributed by atoms with Gasteiger partial charge in [-0.15, -0.1) is 0 Å². The van der Waals surface area contributed by atoms with Crippen LogP contribution in [-0.2, 0) is 20.9 Å². The molecule has 0 aliphatic carbocycles. The van der Waals surface area contributed by atoms with E-state index in [0.29, 0.717) is 29.2 Å². The third-order valence-electron chi connectivity index (χ3n) is 4.17. The minimum Gasteiger partial charge on any atom is -0.497 e. The average molecular weight is 401 g/mol. The van der Waals surface area contributed by atoms with Gasteiger partial charge in [0, 0.05) is 30.8 Å². The molecule has 0 aliphatic rings. The lowest BCUT2D eigenvalue weighted by molar-refractivity contribution is -0.148. The zero-order valence-corrected chi connectivity index (χ0v) is 16.7. The highest BCUT2D eigenvalue weighted by atomic mass is 19.1. The number of hydrogen-bond donors (Lipinski definition) is 0. The van der Waals surface area contributed by atoms with Gasteiger partial charge in [-0.25, -0.2) is 9.18 Å². The summed E-state index contributed by atoms with van der Waals surface area (Å²) >= 11 is 0. The summed E-state index contributed by atoms with van der Waals surface area (Å²) in [5.74, 6) is -0.211. The Labute approximate surface area is 169 Å². The first kappa shape index (κ1) is 21.9. The first-order chi connectivity index (χ1) is 14.0. The molecule has 0 saturated carbocycles. The lowest BCUT2D eigenvalue weighted by Crippen LogP contribution is -2.34. The first-order valence-corrected chi connectivity index (χ1v) is 9.06. The van der Waals surface area contributed by atoms with E-state index in [-0.39, 0.29) is 18.3 Å². The maximum atomic E-state index is 13.3. The number of nitrogens with zero attached hydrogens (tertiary/aromatic N) is 1. The Balaban J connectivity index is 1.92. The third-order valence-corrected chi connectivity index (χ3v) is 4.17. The van der Waals surface area contributed by atoms with E-state index in [0.717, 1.165) is 0 Å². The van der Waals surface area contributed by atoms with E-state index >= 15 is 0 Å². The van der Waals surface area contributed by atoms with Gasteiger partial charge in [-0.1, -0.05) is 12.1 Å². The van der Waals surface area contributed by atoms with Crippen molar-refractivity contribution in [3.63, 3.8) is 0 Å². The lowest BCUT2D eigenvalue weighted by Gasteiger charge is -2.20. The number of ether oxygens (including phenoxy) is 3. The molecule has 0 bridgehead atoms. The maximum Gasteiger partial charge on any atom is 0.331 e. The van der Waals surface area contributed by atoms with Crippen LogP contribution in [0.3, 0.4) is 0 Å². The standard InChI is InChI=1S/C22H24FNO5/c1-4-24(14-16-6-5-7-18(23)12-16)21(25)15-29-22(26)11-9-17-8-10-19(27-2)13-20(17)28-3/h5-13H,4,14-15H2,1-3H3/b11-9+. The second kappa shape index (κ2) is 10.8. The maximum absolute atomic E-state index is 13.3. The van der Waals surface area contributed by atoms with Crippen molar-refractivity contribution >= 4 is 18.0 Å². The number of carbonyl (C=O) groups excluding carboxylic acids is 2. The van der Waals surface area contributed by atoms with Crippen molar-refractivity contribution in [2.45, 2.75) is 13.5 Å². The molecule has 7 heteroatoms. The Morgan fingerprint density at radius 2 is 1.90 bits per heavy atom. The molecule has 0 aromatic heterocycles. The zero-order valence-electron chi connectivity index (χ0n) is 16.7. The summed E-state index contributed by atoms with van der Waals surface area (Å²) in [6, 6.07) is 11.2. The fourth-order valence-corrected chi connectivity index (χ4v) is 2.62. The van der Waals surface area contributed by atoms with Crippen LogP contribution in [-0.4, -0.2) is 44.1 Å². The fraction of sp³-hybridized carbons (Fsp3) is 0.273. The van der Waals surface area contributed by atoms with Crippen LogP contribution in [0, 0.1) is 5.82 Å². The average Bonchev–Trinajstić information content (AvgIpc) is 2.74. The van der Waals surface area contributed by atoms with Crippen LogP contribution < -0.4 is 9.47 Å². The van der Waals surface area contributed by atoms with Crippen molar-refractivity contribution < 1.29 is 28.2 Å². The van der Waals surface area contributed by atoms with Crippen LogP contribution in [0.4, 0.5) is 4.39 Å². The molecule has 0 aliphatic heterocycles. The summed E-state index contributed by atoms with van der Waals surface area (Å²) in [6.07, 6.45) is 2.76. The highest BCUT2D eigenvalue weighted by Crippen LogP contribution is 2.25. The van der Waals surface area contributed by atoms with Gasteiger partial charge < -0.3 is 19.1 Å². The number of esters is 1. The molecule has 1 amide bonds. The van der Waals surface area contributed by atoms with Crippen molar-refractivity contribution in [2.75, 3.05) is 27.4 Å². The molecule has 0 heterocycles. The van der Waals surface area contributed by atoms with Crippen LogP contribution in [0.25, 0.3) is 6.08 Å². The monoisotopic (exact) mass is 401 g/mol. The summed E-state index contributed by atoms with van der Waals surface area (Å²) in [4.78, 5) is 25.8. The van der Waals surface area contributed by atoms with Gasteiger partial charge in [0.15, 0.2) is 6.61 Å². The molecular formula is C22H24FNO5. The summed E-state index contributed by atoms with van der Waals surface area (Å²) in [5.41, 5.74) is 1.33. The summed E-state index contributed by atoms with van der Waals surface area (Å²) in [7, 11) is 3.06. The second-order valence-electron chi connectivity index (χ2n) is 6.09. The van der Waals surface area contributed by atoms with Gasteiger partial charge in [-0.05, 0) is 42.8 Å². The Morgan fingerprint density at radius 1 is 1.10 bits per heavy atom. The van der Waals surface area contributed by atoms with E-state index in [4.69, 9.17) is 14.2 Å². The van der Waals surface area contributed by atoms with Gasteiger partial charge >= 0.3 is 5.97 Å². The number of rotatable bonds is 9. The SMILES string of the molecule is CCN(Cc1cccc(F)c1)C(=O)COC(=O)/C=C/c1ccc(OC)cc1OC. The minimum absolute atomic E-state index is 0.240. The third kappa shape index (κ3) is 6.64. The topological polar surface area (TPSA) is 65.1 Å². The van der Waals surface area contributed by atoms with Gasteiger partial charge in [0.1, 0.15) is 17.3 Å². The zero-order chi connectivity index (χ0) is 21.2. The number of hydrogen-bond acceptors (Lipinski definition) is 5. The smallest absolute Gasteiger partial charge is 0.331 e. The van der Waals surface area contributed by atoms with E-state index in [1.165, 1.54) is 36.3 Å². The minimum atomic E-state index is -0.655. The number of amides is 1. The fourth-order valence-electron chi connectivity index (χ4n) is 2.62. The van der Waals surface area contributed by atoms with Crippen molar-refractivity contribution in [3.8, 4) is 11.5 Å². The van der Waals surface area contributed by atoms with E-state index in [1.807, 2.05) is 0 Å². The van der Waals surface area contributed by atoms with Crippen molar-refractivity contribution in [1.29, 1.82) is 0 Å².